The van der Waals surface area contributed by atoms with Gasteiger partial charge in [-0.1, -0.05) is 187 Å². The van der Waals surface area contributed by atoms with E-state index in [0.717, 1.165) is 30.6 Å². The first-order valence-electron chi connectivity index (χ1n) is 22.6. The summed E-state index contributed by atoms with van der Waals surface area (Å²) < 4.78 is 0. The van der Waals surface area contributed by atoms with Crippen LogP contribution in [0.25, 0.3) is 5.57 Å². The van der Waals surface area contributed by atoms with E-state index in [0.29, 0.717) is 5.41 Å². The van der Waals surface area contributed by atoms with Crippen molar-refractivity contribution in [3.8, 4) is 0 Å². The molecule has 6 saturated carbocycles. The normalized spacial score (nSPS) is 45.6. The van der Waals surface area contributed by atoms with Gasteiger partial charge in [-0.15, -0.1) is 0 Å². The highest BCUT2D eigenvalue weighted by Gasteiger charge is 2.84. The second-order valence-corrected chi connectivity index (χ2v) is 21.9. The lowest BCUT2D eigenvalue weighted by Gasteiger charge is -2.79. The summed E-state index contributed by atoms with van der Waals surface area (Å²) in [6.45, 7) is 21.4. The van der Waals surface area contributed by atoms with Crippen LogP contribution in [-0.4, -0.2) is 0 Å². The van der Waals surface area contributed by atoms with Gasteiger partial charge >= 0.3 is 0 Å². The number of benzene rings is 2. The minimum absolute atomic E-state index is 0.0487. The molecule has 0 radical (unpaired) electrons. The molecule has 0 heterocycles. The second kappa shape index (κ2) is 11.4. The topological polar surface area (TPSA) is 0 Å². The molecule has 7 unspecified atom stereocenters. The molecule has 292 valence electrons. The molecule has 2 aromatic rings. The molecule has 0 heteroatoms. The van der Waals surface area contributed by atoms with Crippen LogP contribution in [-0.2, 0) is 0 Å². The molecule has 4 bridgehead atoms. The summed E-state index contributed by atoms with van der Waals surface area (Å²) in [4.78, 5) is 0. The number of fused-ring (bicyclic) bond motifs is 8. The number of allylic oxidation sites excluding steroid dienone is 17. The molecule has 0 aliphatic heterocycles. The van der Waals surface area contributed by atoms with E-state index in [2.05, 4.69) is 183 Å². The Labute approximate surface area is 344 Å². The molecule has 10 aliphatic rings. The predicted octanol–water partition coefficient (Wildman–Crippen LogP) is 14.9. The molecule has 12 rings (SSSR count). The first-order valence-corrected chi connectivity index (χ1v) is 22.6. The average Bonchev–Trinajstić information content (AvgIpc) is 3.76. The van der Waals surface area contributed by atoms with E-state index in [1.807, 2.05) is 0 Å². The van der Waals surface area contributed by atoms with E-state index in [1.54, 1.807) is 27.9 Å². The van der Waals surface area contributed by atoms with Crippen molar-refractivity contribution < 1.29 is 0 Å². The third kappa shape index (κ3) is 3.99. The van der Waals surface area contributed by atoms with Crippen molar-refractivity contribution in [2.45, 2.75) is 107 Å². The van der Waals surface area contributed by atoms with Crippen LogP contribution in [0.1, 0.15) is 118 Å². The molecule has 57 heavy (non-hydrogen) atoms. The molecule has 0 N–H and O–H groups in total. The highest BCUT2D eigenvalue weighted by molar-refractivity contribution is 5.89. The van der Waals surface area contributed by atoms with E-state index < -0.39 is 0 Å². The van der Waals surface area contributed by atoms with Crippen LogP contribution in [0.2, 0.25) is 0 Å². The summed E-state index contributed by atoms with van der Waals surface area (Å²) in [5, 5.41) is 0. The zero-order valence-corrected chi connectivity index (χ0v) is 36.0. The SMILES string of the molecule is CC1=C(C2=C(C34CC5CC(CC(C5)C3)C4)C=CC2)C(=C(c2ccccc2)c2ccccc2)C=C2CC3(C)C4(C)C=CC=CC4(C)C4(C)C=CC=CC4(C)C3(C)C21C. The summed E-state index contributed by atoms with van der Waals surface area (Å²) in [7, 11) is 0. The molecule has 2 aromatic carbocycles. The van der Waals surface area contributed by atoms with Crippen LogP contribution >= 0.6 is 0 Å². The second-order valence-electron chi connectivity index (χ2n) is 21.9. The van der Waals surface area contributed by atoms with Crippen molar-refractivity contribution >= 4 is 5.57 Å². The minimum atomic E-state index is -0.174. The van der Waals surface area contributed by atoms with Gasteiger partial charge in [0.2, 0.25) is 0 Å². The van der Waals surface area contributed by atoms with E-state index in [-0.39, 0.29) is 37.9 Å². The largest absolute Gasteiger partial charge is 0.0798 e. The summed E-state index contributed by atoms with van der Waals surface area (Å²) in [5.74, 6) is 2.74. The summed E-state index contributed by atoms with van der Waals surface area (Å²) in [6.07, 6.45) is 38.8. The van der Waals surface area contributed by atoms with E-state index in [1.165, 1.54) is 60.8 Å². The van der Waals surface area contributed by atoms with Crippen LogP contribution in [0.4, 0.5) is 0 Å². The van der Waals surface area contributed by atoms with Gasteiger partial charge in [-0.3, -0.25) is 0 Å². The van der Waals surface area contributed by atoms with Crippen LogP contribution in [0.15, 0.2) is 161 Å². The Morgan fingerprint density at radius 1 is 0.596 bits per heavy atom. The number of hydrogen-bond acceptors (Lipinski definition) is 0. The van der Waals surface area contributed by atoms with E-state index >= 15 is 0 Å². The summed E-state index contributed by atoms with van der Waals surface area (Å²) in [6, 6.07) is 22.8. The lowest BCUT2D eigenvalue weighted by Crippen LogP contribution is -2.74. The van der Waals surface area contributed by atoms with Crippen molar-refractivity contribution in [2.24, 2.45) is 61.1 Å². The van der Waals surface area contributed by atoms with Crippen LogP contribution in [0.5, 0.6) is 0 Å². The fraction of sp³-hybridized carbons (Fsp3) is 0.474. The Hall–Kier alpha value is -3.90. The zero-order valence-electron chi connectivity index (χ0n) is 36.0. The van der Waals surface area contributed by atoms with Crippen LogP contribution in [0, 0.1) is 61.1 Å². The number of rotatable bonds is 4. The Morgan fingerprint density at radius 3 is 1.63 bits per heavy atom. The van der Waals surface area contributed by atoms with E-state index in [4.69, 9.17) is 0 Å². The van der Waals surface area contributed by atoms with Gasteiger partial charge in [0, 0.05) is 27.1 Å². The maximum Gasteiger partial charge on any atom is 0.0170 e. The maximum absolute atomic E-state index is 2.79. The molecule has 0 aromatic heterocycles. The molecule has 0 spiro atoms. The molecule has 0 amide bonds. The Balaban J connectivity index is 1.25. The molecular weight excluding hydrogens is 685 g/mol. The van der Waals surface area contributed by atoms with Gasteiger partial charge in [-0.05, 0) is 131 Å². The monoisotopic (exact) mass is 749 g/mol. The van der Waals surface area contributed by atoms with Gasteiger partial charge in [-0.2, -0.15) is 0 Å². The van der Waals surface area contributed by atoms with E-state index in [9.17, 15) is 0 Å². The van der Waals surface area contributed by atoms with Gasteiger partial charge in [0.05, 0.1) is 0 Å². The van der Waals surface area contributed by atoms with Gasteiger partial charge in [-0.25, -0.2) is 0 Å². The Morgan fingerprint density at radius 2 is 1.09 bits per heavy atom. The Kier molecular flexibility index (Phi) is 7.26. The van der Waals surface area contributed by atoms with Crippen molar-refractivity contribution in [2.75, 3.05) is 0 Å². The fourth-order valence-electron chi connectivity index (χ4n) is 17.4. The quantitative estimate of drug-likeness (QED) is 0.292. The summed E-state index contributed by atoms with van der Waals surface area (Å²) >= 11 is 0. The maximum atomic E-state index is 2.79. The smallest absolute Gasteiger partial charge is 0.0170 e. The van der Waals surface area contributed by atoms with Gasteiger partial charge < -0.3 is 0 Å². The van der Waals surface area contributed by atoms with Gasteiger partial charge in [0.1, 0.15) is 0 Å². The highest BCUT2D eigenvalue weighted by atomic mass is 14.9. The first-order chi connectivity index (χ1) is 27.2. The number of hydrogen-bond donors (Lipinski definition) is 0. The standard InChI is InChI=1S/C57H64/c1-38-48(45-24-19-25-47(45)57-34-39-30-40(35-57)32-41(31-39)36-57)46(49(42-20-11-9-12-21-42)43-22-13-10-14-23-43)33-44-37-54(6)52(4)28-16-15-26-50(52,2)51(3)27-17-18-29-53(51,5)56(54,8)55(38,44)7/h9-23,25-29,33,39-41H,24,30-32,34-37H2,1-8H3. The molecule has 0 saturated heterocycles. The molecule has 6 fully saturated rings. The van der Waals surface area contributed by atoms with Gasteiger partial charge in [0.15, 0.2) is 0 Å². The van der Waals surface area contributed by atoms with Crippen LogP contribution < -0.4 is 0 Å². The lowest BCUT2D eigenvalue weighted by atomic mass is 9.24. The Bertz CT molecular complexity index is 2300. The van der Waals surface area contributed by atoms with Crippen molar-refractivity contribution in [1.29, 1.82) is 0 Å². The average molecular weight is 749 g/mol. The minimum Gasteiger partial charge on any atom is -0.0798 e. The predicted molar refractivity (Wildman–Crippen MR) is 239 cm³/mol. The summed E-state index contributed by atoms with van der Waals surface area (Å²) in [5.41, 5.74) is 13.3. The zero-order chi connectivity index (χ0) is 39.4. The molecule has 7 atom stereocenters. The molecule has 0 nitrogen and oxygen atoms in total. The van der Waals surface area contributed by atoms with Crippen molar-refractivity contribution in [1.82, 2.24) is 0 Å². The van der Waals surface area contributed by atoms with Crippen LogP contribution in [0.3, 0.4) is 0 Å². The first kappa shape index (κ1) is 36.2. The highest BCUT2D eigenvalue weighted by Crippen LogP contribution is 2.90. The molecular formula is C57H64. The van der Waals surface area contributed by atoms with Crippen molar-refractivity contribution in [3.05, 3.63) is 172 Å². The third-order valence-electron chi connectivity index (χ3n) is 20.6. The molecule has 10 aliphatic carbocycles. The fourth-order valence-corrected chi connectivity index (χ4v) is 17.4. The third-order valence-corrected chi connectivity index (χ3v) is 20.6. The lowest BCUT2D eigenvalue weighted by molar-refractivity contribution is -0.261. The van der Waals surface area contributed by atoms with Crippen molar-refractivity contribution in [3.63, 3.8) is 0 Å². The van der Waals surface area contributed by atoms with Gasteiger partial charge in [0.25, 0.3) is 0 Å².